The molecular formula is C17H20ClN5O3. The second kappa shape index (κ2) is 7.76. The number of hydroxylamine groups is 2. The van der Waals surface area contributed by atoms with E-state index in [1.807, 2.05) is 6.92 Å². The van der Waals surface area contributed by atoms with Crippen molar-refractivity contribution in [1.82, 2.24) is 20.2 Å². The number of carbonyl (C=O) groups is 2. The van der Waals surface area contributed by atoms with E-state index < -0.39 is 0 Å². The summed E-state index contributed by atoms with van der Waals surface area (Å²) in [6.45, 7) is 3.03. The zero-order valence-corrected chi connectivity index (χ0v) is 15.3. The van der Waals surface area contributed by atoms with Gasteiger partial charge in [0.15, 0.2) is 5.69 Å². The van der Waals surface area contributed by atoms with Crippen molar-refractivity contribution in [3.8, 4) is 0 Å². The SMILES string of the molecule is CCN(OC)C(=O)c1n[nH]c2c1CN(C(=O)Nc1cccc(Cl)c1)CC2. The predicted octanol–water partition coefficient (Wildman–Crippen LogP) is 2.68. The number of amides is 3. The van der Waals surface area contributed by atoms with Crippen LogP contribution >= 0.6 is 11.6 Å². The third-order valence-electron chi connectivity index (χ3n) is 4.23. The Morgan fingerprint density at radius 3 is 2.96 bits per heavy atom. The van der Waals surface area contributed by atoms with Gasteiger partial charge >= 0.3 is 6.03 Å². The number of anilines is 1. The molecule has 2 N–H and O–H groups in total. The average Bonchev–Trinajstić information content (AvgIpc) is 3.05. The van der Waals surface area contributed by atoms with Crippen molar-refractivity contribution < 1.29 is 14.4 Å². The van der Waals surface area contributed by atoms with Gasteiger partial charge in [-0.05, 0) is 25.1 Å². The summed E-state index contributed by atoms with van der Waals surface area (Å²) in [6.07, 6.45) is 0.595. The number of aromatic amines is 1. The second-order valence-electron chi connectivity index (χ2n) is 5.82. The van der Waals surface area contributed by atoms with Crippen LogP contribution in [0.5, 0.6) is 0 Å². The van der Waals surface area contributed by atoms with Gasteiger partial charge in [0.2, 0.25) is 0 Å². The number of halogens is 1. The van der Waals surface area contributed by atoms with Crippen LogP contribution in [-0.4, -0.2) is 52.3 Å². The molecule has 3 amide bonds. The van der Waals surface area contributed by atoms with Gasteiger partial charge in [-0.1, -0.05) is 17.7 Å². The number of nitrogens with one attached hydrogen (secondary N) is 2. The van der Waals surface area contributed by atoms with Crippen LogP contribution < -0.4 is 5.32 Å². The van der Waals surface area contributed by atoms with Gasteiger partial charge in [0.05, 0.1) is 13.7 Å². The molecule has 1 aliphatic heterocycles. The number of rotatable bonds is 4. The number of hydrogen-bond acceptors (Lipinski definition) is 4. The van der Waals surface area contributed by atoms with E-state index in [1.165, 1.54) is 12.2 Å². The van der Waals surface area contributed by atoms with Crippen LogP contribution in [0.2, 0.25) is 5.02 Å². The molecule has 0 saturated heterocycles. The van der Waals surface area contributed by atoms with Crippen molar-refractivity contribution in [3.05, 3.63) is 46.2 Å². The lowest BCUT2D eigenvalue weighted by atomic mass is 10.1. The maximum Gasteiger partial charge on any atom is 0.322 e. The third-order valence-corrected chi connectivity index (χ3v) is 4.47. The highest BCUT2D eigenvalue weighted by atomic mass is 35.5. The first-order valence-electron chi connectivity index (χ1n) is 8.27. The number of H-pyrrole nitrogens is 1. The standard InChI is InChI=1S/C17H20ClN5O3/c1-3-23(26-2)16(24)15-13-10-22(8-7-14(13)20-21-15)17(25)19-12-6-4-5-11(18)9-12/h4-6,9H,3,7-8,10H2,1-2H3,(H,19,25)(H,20,21). The van der Waals surface area contributed by atoms with Crippen molar-refractivity contribution in [2.75, 3.05) is 25.5 Å². The van der Waals surface area contributed by atoms with E-state index in [9.17, 15) is 9.59 Å². The Bertz CT molecular complexity index is 818. The van der Waals surface area contributed by atoms with Gasteiger partial charge in [-0.3, -0.25) is 14.7 Å². The van der Waals surface area contributed by atoms with E-state index in [-0.39, 0.29) is 17.6 Å². The normalized spacial score (nSPS) is 13.3. The lowest BCUT2D eigenvalue weighted by Crippen LogP contribution is -2.39. The van der Waals surface area contributed by atoms with Crippen LogP contribution in [-0.2, 0) is 17.8 Å². The van der Waals surface area contributed by atoms with Gasteiger partial charge in [-0.2, -0.15) is 5.10 Å². The van der Waals surface area contributed by atoms with Crippen LogP contribution in [0.25, 0.3) is 0 Å². The Labute approximate surface area is 156 Å². The molecule has 2 aromatic rings. The van der Waals surface area contributed by atoms with Gasteiger partial charge in [-0.15, -0.1) is 0 Å². The van der Waals surface area contributed by atoms with Crippen molar-refractivity contribution in [3.63, 3.8) is 0 Å². The van der Waals surface area contributed by atoms with E-state index in [0.29, 0.717) is 36.8 Å². The Hall–Kier alpha value is -2.58. The lowest BCUT2D eigenvalue weighted by Gasteiger charge is -2.27. The minimum absolute atomic E-state index is 0.253. The maximum atomic E-state index is 12.6. The fourth-order valence-corrected chi connectivity index (χ4v) is 3.08. The molecule has 26 heavy (non-hydrogen) atoms. The highest BCUT2D eigenvalue weighted by Crippen LogP contribution is 2.23. The molecule has 138 valence electrons. The zero-order valence-electron chi connectivity index (χ0n) is 14.6. The van der Waals surface area contributed by atoms with Crippen LogP contribution in [0, 0.1) is 0 Å². The van der Waals surface area contributed by atoms with Crippen LogP contribution in [0.3, 0.4) is 0 Å². The van der Waals surface area contributed by atoms with Gasteiger partial charge < -0.3 is 10.2 Å². The molecule has 2 heterocycles. The molecule has 0 spiro atoms. The first-order chi connectivity index (χ1) is 12.5. The third kappa shape index (κ3) is 3.66. The van der Waals surface area contributed by atoms with Crippen molar-refractivity contribution in [2.45, 2.75) is 19.9 Å². The summed E-state index contributed by atoms with van der Waals surface area (Å²) in [4.78, 5) is 31.8. The molecule has 1 aromatic carbocycles. The number of nitrogens with zero attached hydrogens (tertiary/aromatic N) is 3. The highest BCUT2D eigenvalue weighted by Gasteiger charge is 2.29. The first-order valence-corrected chi connectivity index (χ1v) is 8.64. The van der Waals surface area contributed by atoms with Gasteiger partial charge in [-0.25, -0.2) is 9.86 Å². The Balaban J connectivity index is 1.75. The Kier molecular flexibility index (Phi) is 5.43. The number of fused-ring (bicyclic) bond motifs is 1. The summed E-state index contributed by atoms with van der Waals surface area (Å²) in [6, 6.07) is 6.70. The summed E-state index contributed by atoms with van der Waals surface area (Å²) >= 11 is 5.95. The first kappa shape index (κ1) is 18.2. The topological polar surface area (TPSA) is 90.6 Å². The number of benzene rings is 1. The summed E-state index contributed by atoms with van der Waals surface area (Å²) in [5, 5.41) is 11.6. The Morgan fingerprint density at radius 2 is 2.27 bits per heavy atom. The fourth-order valence-electron chi connectivity index (χ4n) is 2.89. The van der Waals surface area contributed by atoms with Crippen LogP contribution in [0.1, 0.15) is 28.7 Å². The maximum absolute atomic E-state index is 12.6. The van der Waals surface area contributed by atoms with Crippen molar-refractivity contribution in [1.29, 1.82) is 0 Å². The van der Waals surface area contributed by atoms with Crippen LogP contribution in [0.4, 0.5) is 10.5 Å². The molecule has 1 aliphatic rings. The Morgan fingerprint density at radius 1 is 1.46 bits per heavy atom. The quantitative estimate of drug-likeness (QED) is 0.801. The largest absolute Gasteiger partial charge is 0.322 e. The van der Waals surface area contributed by atoms with Gasteiger partial charge in [0.1, 0.15) is 0 Å². The molecule has 9 heteroatoms. The monoisotopic (exact) mass is 377 g/mol. The number of hydrogen-bond donors (Lipinski definition) is 2. The van der Waals surface area contributed by atoms with E-state index in [2.05, 4.69) is 15.5 Å². The summed E-state index contributed by atoms with van der Waals surface area (Å²) in [5.74, 6) is -0.329. The molecule has 0 unspecified atom stereocenters. The van der Waals surface area contributed by atoms with Gasteiger partial charge in [0, 0.05) is 41.5 Å². The predicted molar refractivity (Wildman–Crippen MR) is 96.9 cm³/mol. The molecule has 0 radical (unpaired) electrons. The molecule has 0 bridgehead atoms. The fraction of sp³-hybridized carbons (Fsp3) is 0.353. The molecule has 8 nitrogen and oxygen atoms in total. The lowest BCUT2D eigenvalue weighted by molar-refractivity contribution is -0.0919. The van der Waals surface area contributed by atoms with Crippen molar-refractivity contribution >= 4 is 29.2 Å². The molecule has 1 aromatic heterocycles. The molecular weight excluding hydrogens is 358 g/mol. The number of urea groups is 1. The second-order valence-corrected chi connectivity index (χ2v) is 6.26. The van der Waals surface area contributed by atoms with E-state index in [4.69, 9.17) is 16.4 Å². The molecule has 0 atom stereocenters. The van der Waals surface area contributed by atoms with E-state index >= 15 is 0 Å². The molecule has 3 rings (SSSR count). The minimum Gasteiger partial charge on any atom is -0.320 e. The average molecular weight is 378 g/mol. The van der Waals surface area contributed by atoms with Gasteiger partial charge in [0.25, 0.3) is 5.91 Å². The highest BCUT2D eigenvalue weighted by molar-refractivity contribution is 6.30. The minimum atomic E-state index is -0.329. The molecule has 0 fully saturated rings. The zero-order chi connectivity index (χ0) is 18.7. The van der Waals surface area contributed by atoms with Crippen molar-refractivity contribution in [2.24, 2.45) is 0 Å². The summed E-state index contributed by atoms with van der Waals surface area (Å²) in [7, 11) is 1.44. The molecule has 0 aliphatic carbocycles. The smallest absolute Gasteiger partial charge is 0.320 e. The summed E-state index contributed by atoms with van der Waals surface area (Å²) < 4.78 is 0. The number of carbonyl (C=O) groups excluding carboxylic acids is 2. The van der Waals surface area contributed by atoms with E-state index in [1.54, 1.807) is 29.2 Å². The number of aromatic nitrogens is 2. The molecule has 0 saturated carbocycles. The van der Waals surface area contributed by atoms with E-state index in [0.717, 1.165) is 11.3 Å². The summed E-state index contributed by atoms with van der Waals surface area (Å²) in [5.41, 5.74) is 2.49. The van der Waals surface area contributed by atoms with Crippen LogP contribution in [0.15, 0.2) is 24.3 Å².